The lowest BCUT2D eigenvalue weighted by molar-refractivity contribution is -0.360. The molecule has 18 nitrogen and oxygen atoms in total. The van der Waals surface area contributed by atoms with Crippen molar-refractivity contribution >= 4 is 0 Å². The highest BCUT2D eigenvalue weighted by Gasteiger charge is 2.70. The summed E-state index contributed by atoms with van der Waals surface area (Å²) in [5, 5.41) is 104. The Hall–Kier alpha value is -0.980. The van der Waals surface area contributed by atoms with E-state index in [1.165, 1.54) is 12.5 Å². The number of aliphatic hydroxyl groups is 10. The molecule has 3 saturated carbocycles. The fraction of sp³-hybridized carbons (Fsp3) is 0.956. The van der Waals surface area contributed by atoms with Crippen LogP contribution in [-0.2, 0) is 37.9 Å². The molecular weight excluding hydrogens is 828 g/mol. The Kier molecular flexibility index (Phi) is 12.9. The normalized spacial score (nSPS) is 57.9. The SMILES string of the molecule is C[C@@H]1O[C@@H](O[C@H]2[C@H](O)[C@@H](O)[C@H](O[C@H]3CC[C@@]4(C)C(=CC[C@H]5[C@@H]6C[C@@H]7O[C@]8(CC[C@](C)(CO[C@@H]9O[C@H](CO)[C@@H](O)[C@H](O)[C@H]9O)O8)[C@@H](C)[C@@H]7[C@@]6(C)CC[C@@H]54)C3)O[C@@H]2CO)[C@H](O)[C@H](O)[C@H]1O. The molecule has 5 aliphatic heterocycles. The van der Waals surface area contributed by atoms with Crippen LogP contribution in [0.2, 0.25) is 0 Å². The van der Waals surface area contributed by atoms with Crippen LogP contribution in [-0.4, -0.2) is 187 Å². The maximum atomic E-state index is 11.2. The van der Waals surface area contributed by atoms with E-state index in [9.17, 15) is 51.1 Å². The first-order chi connectivity index (χ1) is 29.8. The topological polar surface area (TPSA) is 276 Å². The zero-order valence-electron chi connectivity index (χ0n) is 37.0. The molecule has 4 aliphatic carbocycles. The molecule has 360 valence electrons. The lowest BCUT2D eigenvalue weighted by Gasteiger charge is -2.58. The fourth-order valence-electron chi connectivity index (χ4n) is 14.2. The van der Waals surface area contributed by atoms with E-state index in [1.54, 1.807) is 0 Å². The van der Waals surface area contributed by atoms with Crippen LogP contribution in [0.1, 0.15) is 92.4 Å². The zero-order valence-corrected chi connectivity index (χ0v) is 37.0. The first-order valence-corrected chi connectivity index (χ1v) is 23.4. The van der Waals surface area contributed by atoms with E-state index >= 15 is 0 Å². The van der Waals surface area contributed by atoms with Crippen LogP contribution in [0.25, 0.3) is 0 Å². The standard InChI is InChI=1S/C45H72O18/c1-19-29-26(62-45(19)13-12-42(3,63-45)18-56-39-35(53)33(51)31(49)27(16-46)59-39)15-25-23-7-6-21-14-22(8-10-43(21,4)24(23)9-11-44(25,29)5)58-41-37(55)34(52)38(28(17-47)60-41)61-40-36(54)32(50)30(48)20(2)57-40/h6,19-20,22-41,46-55H,7-18H2,1-5H3/t19-,20-,22-,23+,24-,25-,26-,27+,28+,29-,30-,31+,32+,33-,34+,35+,36+,37+,38+,39+,40-,41+,42+,43-,44-,45-/m0/s1. The van der Waals surface area contributed by atoms with Gasteiger partial charge < -0.3 is 89.0 Å². The number of allylic oxidation sites excluding steroid dienone is 1. The van der Waals surface area contributed by atoms with E-state index in [-0.39, 0.29) is 35.6 Å². The summed E-state index contributed by atoms with van der Waals surface area (Å²) in [5.41, 5.74) is 0.640. The van der Waals surface area contributed by atoms with E-state index in [0.717, 1.165) is 38.5 Å². The lowest BCUT2D eigenvalue weighted by atomic mass is 9.47. The highest BCUT2D eigenvalue weighted by molar-refractivity contribution is 5.26. The summed E-state index contributed by atoms with van der Waals surface area (Å²) in [6, 6.07) is 0. The van der Waals surface area contributed by atoms with Gasteiger partial charge in [0.15, 0.2) is 24.7 Å². The van der Waals surface area contributed by atoms with E-state index in [4.69, 9.17) is 37.9 Å². The van der Waals surface area contributed by atoms with Gasteiger partial charge in [-0.3, -0.25) is 0 Å². The van der Waals surface area contributed by atoms with Crippen LogP contribution >= 0.6 is 0 Å². The predicted molar refractivity (Wildman–Crippen MR) is 216 cm³/mol. The van der Waals surface area contributed by atoms with Gasteiger partial charge in [0.05, 0.1) is 43.7 Å². The molecule has 26 atom stereocenters. The summed E-state index contributed by atoms with van der Waals surface area (Å²) in [5.74, 6) is 1.13. The van der Waals surface area contributed by atoms with Crippen molar-refractivity contribution in [2.45, 2.75) is 208 Å². The van der Waals surface area contributed by atoms with Gasteiger partial charge in [0.1, 0.15) is 67.1 Å². The van der Waals surface area contributed by atoms with Gasteiger partial charge in [-0.2, -0.15) is 0 Å². The third-order valence-corrected chi connectivity index (χ3v) is 17.8. The fourth-order valence-corrected chi connectivity index (χ4v) is 14.2. The molecule has 0 radical (unpaired) electrons. The molecule has 9 aliphatic rings. The first kappa shape index (κ1) is 47.1. The zero-order chi connectivity index (χ0) is 45.1. The molecule has 18 heteroatoms. The molecule has 0 aromatic heterocycles. The molecule has 0 unspecified atom stereocenters. The summed E-state index contributed by atoms with van der Waals surface area (Å²) >= 11 is 0. The second kappa shape index (κ2) is 17.2. The van der Waals surface area contributed by atoms with E-state index in [2.05, 4.69) is 26.8 Å². The largest absolute Gasteiger partial charge is 0.394 e. The summed E-state index contributed by atoms with van der Waals surface area (Å²) in [6.07, 6.45) is -10.6. The average Bonchev–Trinajstić information content (AvgIpc) is 3.86. The summed E-state index contributed by atoms with van der Waals surface area (Å²) in [6.45, 7) is 9.56. The number of hydrogen-bond acceptors (Lipinski definition) is 18. The van der Waals surface area contributed by atoms with Crippen LogP contribution in [0, 0.1) is 40.4 Å². The Morgan fingerprint density at radius 3 is 2.08 bits per heavy atom. The smallest absolute Gasteiger partial charge is 0.187 e. The van der Waals surface area contributed by atoms with Gasteiger partial charge >= 0.3 is 0 Å². The molecule has 5 heterocycles. The van der Waals surface area contributed by atoms with Crippen LogP contribution in [0.15, 0.2) is 11.6 Å². The van der Waals surface area contributed by atoms with Crippen molar-refractivity contribution in [2.75, 3.05) is 19.8 Å². The van der Waals surface area contributed by atoms with Crippen molar-refractivity contribution < 1.29 is 89.0 Å². The number of rotatable bonds is 9. The Bertz CT molecular complexity index is 1670. The van der Waals surface area contributed by atoms with Gasteiger partial charge in [-0.15, -0.1) is 0 Å². The van der Waals surface area contributed by atoms with Crippen LogP contribution in [0.3, 0.4) is 0 Å². The Labute approximate surface area is 368 Å². The Morgan fingerprint density at radius 1 is 0.683 bits per heavy atom. The second-order valence-electron chi connectivity index (χ2n) is 21.4. The molecule has 10 N–H and O–H groups in total. The van der Waals surface area contributed by atoms with Crippen molar-refractivity contribution in [3.05, 3.63) is 11.6 Å². The Balaban J connectivity index is 0.815. The number of ether oxygens (including phenoxy) is 8. The molecule has 9 rings (SSSR count). The molecule has 0 aromatic carbocycles. The second-order valence-corrected chi connectivity index (χ2v) is 21.4. The number of fused-ring (bicyclic) bond motifs is 7. The molecular formula is C45H72O18. The van der Waals surface area contributed by atoms with E-state index < -0.39 is 117 Å². The lowest BCUT2D eigenvalue weighted by Crippen LogP contribution is -2.64. The van der Waals surface area contributed by atoms with Crippen molar-refractivity contribution in [3.8, 4) is 0 Å². The molecule has 0 bridgehead atoms. The Morgan fingerprint density at radius 2 is 1.35 bits per heavy atom. The molecule has 0 amide bonds. The number of aliphatic hydroxyl groups excluding tert-OH is 10. The highest BCUT2D eigenvalue weighted by Crippen LogP contribution is 2.71. The van der Waals surface area contributed by atoms with Crippen molar-refractivity contribution in [3.63, 3.8) is 0 Å². The first-order valence-electron chi connectivity index (χ1n) is 23.4. The third kappa shape index (κ3) is 7.71. The monoisotopic (exact) mass is 900 g/mol. The van der Waals surface area contributed by atoms with Gasteiger partial charge in [-0.1, -0.05) is 32.4 Å². The van der Waals surface area contributed by atoms with Gasteiger partial charge in [-0.05, 0) is 99.7 Å². The summed E-state index contributed by atoms with van der Waals surface area (Å²) in [7, 11) is 0. The van der Waals surface area contributed by atoms with Crippen molar-refractivity contribution in [1.29, 1.82) is 0 Å². The maximum Gasteiger partial charge on any atom is 0.187 e. The predicted octanol–water partition coefficient (Wildman–Crippen LogP) is -0.671. The minimum atomic E-state index is -1.64. The summed E-state index contributed by atoms with van der Waals surface area (Å²) < 4.78 is 49.2. The van der Waals surface area contributed by atoms with Crippen LogP contribution in [0.4, 0.5) is 0 Å². The molecule has 8 fully saturated rings. The van der Waals surface area contributed by atoms with Crippen molar-refractivity contribution in [1.82, 2.24) is 0 Å². The van der Waals surface area contributed by atoms with Gasteiger partial charge in [0, 0.05) is 12.3 Å². The molecule has 63 heavy (non-hydrogen) atoms. The van der Waals surface area contributed by atoms with Gasteiger partial charge in [0.25, 0.3) is 0 Å². The number of hydrogen-bond donors (Lipinski definition) is 10. The van der Waals surface area contributed by atoms with E-state index in [1.807, 2.05) is 6.92 Å². The van der Waals surface area contributed by atoms with E-state index in [0.29, 0.717) is 42.9 Å². The van der Waals surface area contributed by atoms with Gasteiger partial charge in [0.2, 0.25) is 0 Å². The molecule has 0 aromatic rings. The van der Waals surface area contributed by atoms with Crippen LogP contribution < -0.4 is 0 Å². The van der Waals surface area contributed by atoms with Crippen LogP contribution in [0.5, 0.6) is 0 Å². The highest BCUT2D eigenvalue weighted by atomic mass is 16.8. The minimum Gasteiger partial charge on any atom is -0.394 e. The summed E-state index contributed by atoms with van der Waals surface area (Å²) in [4.78, 5) is 0. The third-order valence-electron chi connectivity index (χ3n) is 17.8. The molecule has 1 spiro atoms. The quantitative estimate of drug-likeness (QED) is 0.129. The van der Waals surface area contributed by atoms with Crippen molar-refractivity contribution in [2.24, 2.45) is 40.4 Å². The average molecular weight is 901 g/mol. The maximum absolute atomic E-state index is 11.2. The minimum absolute atomic E-state index is 0.0267. The van der Waals surface area contributed by atoms with Gasteiger partial charge in [-0.25, -0.2) is 0 Å². The molecule has 5 saturated heterocycles.